The van der Waals surface area contributed by atoms with Gasteiger partial charge in [-0.05, 0) is 49.8 Å². The van der Waals surface area contributed by atoms with Crippen molar-refractivity contribution in [2.24, 2.45) is 5.92 Å². The van der Waals surface area contributed by atoms with Crippen molar-refractivity contribution in [1.29, 1.82) is 0 Å². The van der Waals surface area contributed by atoms with Crippen molar-refractivity contribution in [3.8, 4) is 43.4 Å². The number of aryl methyl sites for hydroxylation is 1. The molecule has 0 saturated carbocycles. The molecule has 0 fully saturated rings. The maximum absolute atomic E-state index is 14.4. The topological polar surface area (TPSA) is 312 Å². The van der Waals surface area contributed by atoms with E-state index in [0.29, 0.717) is 99.5 Å². The second-order valence-electron chi connectivity index (χ2n) is 19.6. The minimum Gasteiger partial charge on any atom is -0.481 e. The Morgan fingerprint density at radius 2 is 1.50 bits per heavy atom. The van der Waals surface area contributed by atoms with Gasteiger partial charge in [0, 0.05) is 64.9 Å². The molecular formula is C56H58N12O10S6. The maximum atomic E-state index is 14.4. The molecule has 1 aliphatic heterocycles. The van der Waals surface area contributed by atoms with Crippen LogP contribution in [0.4, 0.5) is 10.6 Å². The molecule has 7 aromatic heterocycles. The third kappa shape index (κ3) is 14.8. The number of nitrogens with zero attached hydrogens (tertiary/aromatic N) is 7. The summed E-state index contributed by atoms with van der Waals surface area (Å²) in [5, 5.41) is 44.8. The maximum Gasteiger partial charge on any atom is 0.412 e. The predicted octanol–water partition coefficient (Wildman–Crippen LogP) is 10.2. The lowest BCUT2D eigenvalue weighted by Crippen LogP contribution is -2.38. The van der Waals surface area contributed by atoms with Crippen molar-refractivity contribution in [2.45, 2.75) is 90.0 Å². The monoisotopic (exact) mass is 1250 g/mol. The number of anilines is 1. The highest BCUT2D eigenvalue weighted by molar-refractivity contribution is 7.15. The quantitative estimate of drug-likeness (QED) is 0.0469. The van der Waals surface area contributed by atoms with Gasteiger partial charge >= 0.3 is 12.1 Å². The summed E-state index contributed by atoms with van der Waals surface area (Å²) in [4.78, 5) is 115. The molecule has 10 bridgehead atoms. The van der Waals surface area contributed by atoms with E-state index >= 15 is 0 Å². The van der Waals surface area contributed by atoms with E-state index in [1.54, 1.807) is 72.0 Å². The summed E-state index contributed by atoms with van der Waals surface area (Å²) in [6.07, 6.45) is -0.470. The number of carboxylic acids is 1. The molecule has 1 aliphatic rings. The first-order valence-electron chi connectivity index (χ1n) is 26.4. The first-order chi connectivity index (χ1) is 40.5. The average Bonchev–Trinajstić information content (AvgIpc) is 3.77. The third-order valence-electron chi connectivity index (χ3n) is 13.2. The molecule has 22 nitrogen and oxygen atoms in total. The van der Waals surface area contributed by atoms with Gasteiger partial charge in [0.25, 0.3) is 5.91 Å². The van der Waals surface area contributed by atoms with E-state index in [-0.39, 0.29) is 79.8 Å². The highest BCUT2D eigenvalue weighted by Gasteiger charge is 2.32. The number of aliphatic hydroxyl groups excluding tert-OH is 1. The van der Waals surface area contributed by atoms with Crippen LogP contribution in [0.1, 0.15) is 133 Å². The van der Waals surface area contributed by atoms with Crippen LogP contribution in [-0.2, 0) is 30.5 Å². The van der Waals surface area contributed by atoms with E-state index in [4.69, 9.17) is 44.5 Å². The van der Waals surface area contributed by atoms with Gasteiger partial charge in [0.05, 0.1) is 53.5 Å². The number of carboxylic acid groups (broad SMARTS) is 1. The number of hydrogen-bond acceptors (Lipinski definition) is 23. The minimum absolute atomic E-state index is 0.0400. The summed E-state index contributed by atoms with van der Waals surface area (Å²) >= 11 is 7.53. The van der Waals surface area contributed by atoms with E-state index in [9.17, 15) is 33.9 Å². The normalized spacial score (nSPS) is 16.3. The van der Waals surface area contributed by atoms with Crippen LogP contribution in [-0.4, -0.2) is 108 Å². The number of aromatic nitrogens is 7. The molecular weight excluding hydrogens is 1190 g/mol. The van der Waals surface area contributed by atoms with Gasteiger partial charge in [-0.25, -0.2) is 39.7 Å². The fourth-order valence-electron chi connectivity index (χ4n) is 8.84. The summed E-state index contributed by atoms with van der Waals surface area (Å²) in [6, 6.07) is 10.5. The molecule has 4 amide bonds. The summed E-state index contributed by atoms with van der Waals surface area (Å²) in [7, 11) is 3.05. The number of thiazole rings is 6. The van der Waals surface area contributed by atoms with Gasteiger partial charge in [-0.3, -0.25) is 29.3 Å². The fraction of sp³-hybridized carbons (Fsp3) is 0.339. The van der Waals surface area contributed by atoms with Crippen LogP contribution in [0.2, 0.25) is 0 Å². The van der Waals surface area contributed by atoms with Gasteiger partial charge in [-0.1, -0.05) is 50.8 Å². The number of carbonyl (C=O) groups is 6. The second kappa shape index (κ2) is 27.9. The zero-order valence-electron chi connectivity index (χ0n) is 46.0. The molecule has 0 saturated heterocycles. The van der Waals surface area contributed by atoms with Crippen LogP contribution >= 0.6 is 68.0 Å². The first kappa shape index (κ1) is 61.0. The van der Waals surface area contributed by atoms with Crippen LogP contribution in [0.15, 0.2) is 70.6 Å². The fourth-order valence-corrected chi connectivity index (χ4v) is 14.4. The Hall–Kier alpha value is -7.57. The number of benzene rings is 1. The van der Waals surface area contributed by atoms with Crippen molar-refractivity contribution >= 4 is 115 Å². The Bertz CT molecular complexity index is 3700. The van der Waals surface area contributed by atoms with E-state index < -0.39 is 42.1 Å². The van der Waals surface area contributed by atoms with Crippen molar-refractivity contribution in [3.63, 3.8) is 0 Å². The molecule has 84 heavy (non-hydrogen) atoms. The number of amides is 4. The van der Waals surface area contributed by atoms with Crippen molar-refractivity contribution in [3.05, 3.63) is 118 Å². The molecule has 438 valence electrons. The summed E-state index contributed by atoms with van der Waals surface area (Å²) in [5.41, 5.74) is 3.83. The lowest BCUT2D eigenvalue weighted by molar-refractivity contribution is -0.137. The molecule has 0 spiro atoms. The number of fused-ring (bicyclic) bond motifs is 14. The number of pyridine rings is 1. The van der Waals surface area contributed by atoms with Crippen molar-refractivity contribution in [2.75, 3.05) is 32.6 Å². The number of aliphatic carboxylic acids is 1. The van der Waals surface area contributed by atoms with Crippen LogP contribution in [0.25, 0.3) is 49.1 Å². The van der Waals surface area contributed by atoms with Gasteiger partial charge in [-0.15, -0.1) is 68.0 Å². The number of hydrogen-bond donors (Lipinski definition) is 7. The van der Waals surface area contributed by atoms with Gasteiger partial charge in [0.15, 0.2) is 5.78 Å². The summed E-state index contributed by atoms with van der Waals surface area (Å²) in [5.74, 6) is -2.76. The lowest BCUT2D eigenvalue weighted by atomic mass is 9.90. The Kier molecular flexibility index (Phi) is 20.2. The molecule has 1 aromatic carbocycles. The number of Topliss-reactive ketones (excluding diaryl/α,β-unsaturated/α-hetero) is 1. The number of rotatable bonds is 15. The van der Waals surface area contributed by atoms with Crippen LogP contribution in [0.5, 0.6) is 0 Å². The average molecular weight is 1250 g/mol. The number of aliphatic hydroxyl groups is 1. The number of ketones is 1. The van der Waals surface area contributed by atoms with Gasteiger partial charge in [0.2, 0.25) is 11.8 Å². The van der Waals surface area contributed by atoms with E-state index in [2.05, 4.69) is 38.1 Å². The van der Waals surface area contributed by atoms with Crippen LogP contribution in [0.3, 0.4) is 0 Å². The van der Waals surface area contributed by atoms with Crippen LogP contribution in [0, 0.1) is 12.8 Å². The molecule has 0 unspecified atom stereocenters. The second-order valence-corrected chi connectivity index (χ2v) is 25.4. The summed E-state index contributed by atoms with van der Waals surface area (Å²) < 4.78 is 10.9. The molecule has 9 rings (SSSR count). The Morgan fingerprint density at radius 3 is 2.26 bits per heavy atom. The number of unbranched alkanes of at least 4 members (excludes halogenated alkanes) is 2. The lowest BCUT2D eigenvalue weighted by Gasteiger charge is -2.23. The summed E-state index contributed by atoms with van der Waals surface area (Å²) in [6.45, 7) is 10.1. The van der Waals surface area contributed by atoms with E-state index in [1.807, 2.05) is 19.9 Å². The number of methoxy groups -OCH3 is 1. The molecule has 28 heteroatoms. The van der Waals surface area contributed by atoms with Gasteiger partial charge < -0.3 is 41.0 Å². The minimum atomic E-state index is -1.21. The smallest absolute Gasteiger partial charge is 0.412 e. The Morgan fingerprint density at radius 1 is 0.774 bits per heavy atom. The van der Waals surface area contributed by atoms with Crippen molar-refractivity contribution in [1.82, 2.24) is 56.2 Å². The molecule has 0 radical (unpaired) electrons. The number of nitrogens with one attached hydrogen (secondary N) is 5. The Labute approximate surface area is 506 Å². The molecule has 8 aromatic rings. The van der Waals surface area contributed by atoms with Gasteiger partial charge in [-0.2, -0.15) is 0 Å². The number of carbonyl (C=O) groups excluding carboxylic acids is 5. The highest BCUT2D eigenvalue weighted by atomic mass is 32.1. The predicted molar refractivity (Wildman–Crippen MR) is 324 cm³/mol. The largest absolute Gasteiger partial charge is 0.481 e. The van der Waals surface area contributed by atoms with E-state index in [0.717, 1.165) is 4.88 Å². The third-order valence-corrected chi connectivity index (χ3v) is 19.0. The van der Waals surface area contributed by atoms with Gasteiger partial charge in [0.1, 0.15) is 77.2 Å². The SMILES string of the molecule is C=C1NCC(=O)N[C@@H]([C@@H](O)c2ccccc2)c2nc(cs2)-c2nc(cs2)-c2nc(-c3nc(NC(=O)OCCCCCC(=O)O)cs3)ccc2-c2nc(cs2)C(=O)N[C@@H](CC(=O)NC)c2nc(c(C)s2)C(=O)C[C@H](C(C)C)c2nc1c(COC)s2. The van der Waals surface area contributed by atoms with Crippen molar-refractivity contribution < 1.29 is 48.5 Å². The zero-order chi connectivity index (χ0) is 59.6. The molecule has 7 N–H and O–H groups in total. The molecule has 0 aliphatic carbocycles. The van der Waals surface area contributed by atoms with E-state index in [1.165, 1.54) is 75.1 Å². The number of ether oxygens (including phenoxy) is 2. The molecule has 8 heterocycles. The Balaban J connectivity index is 1.09. The highest BCUT2D eigenvalue weighted by Crippen LogP contribution is 2.41. The zero-order valence-corrected chi connectivity index (χ0v) is 50.9. The van der Waals surface area contributed by atoms with Crippen LogP contribution < -0.4 is 26.6 Å². The standard InChI is InChI=1S/C56H58N12O10S6/c1-27(2)32-19-38(69)45-29(4)83-54(68-45)34(20-41(70)57-5)60-49(75)36-24-79-50(62-36)31-16-17-33(52-64-40(26-82-52)65-56(76)78-18-12-8-11-15-43(72)73)59-46(31)35-23-80-53(61-35)37-25-81-55(63-37)47(48(74)30-13-9-7-10-14-30)66-42(71)21-58-28(3)44-39(22-77-6)84-51(32)67-44/h7,9-10,13-14,16-17,23-27,32,34,47-48,58,74H,3,8,11-12,15,18-22H2,1-2,4-6H3,(H,57,70)(H,60,75)(H,65,76)(H,66,71)(H,72,73)/t32-,34+,47+,48+/m1/s1. The molecule has 4 atom stereocenters. The first-order valence-corrected chi connectivity index (χ1v) is 31.6.